The van der Waals surface area contributed by atoms with Gasteiger partial charge in [0.25, 0.3) is 0 Å². The van der Waals surface area contributed by atoms with Crippen molar-refractivity contribution in [2.45, 2.75) is 39.3 Å². The molecule has 3 N–H and O–H groups in total. The second-order valence-corrected chi connectivity index (χ2v) is 4.32. The van der Waals surface area contributed by atoms with Gasteiger partial charge >= 0.3 is 0 Å². The number of carbonyl (C=O) groups excluding carboxylic acids is 1. The van der Waals surface area contributed by atoms with Crippen LogP contribution in [0.3, 0.4) is 0 Å². The summed E-state index contributed by atoms with van der Waals surface area (Å²) in [6, 6.07) is 8.58. The summed E-state index contributed by atoms with van der Waals surface area (Å²) >= 11 is 0. The summed E-state index contributed by atoms with van der Waals surface area (Å²) in [6.45, 7) is 6.16. The second kappa shape index (κ2) is 5.66. The third-order valence-corrected chi connectivity index (χ3v) is 2.70. The number of nitrogens with two attached hydrogens (primary N) is 1. The van der Waals surface area contributed by atoms with Crippen LogP contribution in [0.1, 0.15) is 37.4 Å². The number of hydrogen-bond acceptors (Lipinski definition) is 2. The minimum absolute atomic E-state index is 0.104. The van der Waals surface area contributed by atoms with Gasteiger partial charge in [0, 0.05) is 18.5 Å². The first-order chi connectivity index (χ1) is 7.50. The SMILES string of the molecule is Cc1ccccc1C(C)NC(C)CC(N)=O. The predicted molar refractivity (Wildman–Crippen MR) is 66.0 cm³/mol. The van der Waals surface area contributed by atoms with Gasteiger partial charge in [-0.3, -0.25) is 4.79 Å². The Labute approximate surface area is 97.0 Å². The third-order valence-electron chi connectivity index (χ3n) is 2.70. The maximum Gasteiger partial charge on any atom is 0.218 e. The molecule has 0 aliphatic rings. The number of benzene rings is 1. The largest absolute Gasteiger partial charge is 0.370 e. The number of aryl methyl sites for hydroxylation is 1. The average molecular weight is 220 g/mol. The molecule has 88 valence electrons. The van der Waals surface area contributed by atoms with Crippen LogP contribution in [-0.2, 0) is 4.79 Å². The van der Waals surface area contributed by atoms with Crippen LogP contribution in [0.2, 0.25) is 0 Å². The quantitative estimate of drug-likeness (QED) is 0.796. The lowest BCUT2D eigenvalue weighted by molar-refractivity contribution is -0.118. The van der Waals surface area contributed by atoms with E-state index in [9.17, 15) is 4.79 Å². The van der Waals surface area contributed by atoms with E-state index < -0.39 is 0 Å². The highest BCUT2D eigenvalue weighted by Gasteiger charge is 2.12. The number of amides is 1. The standard InChI is InChI=1S/C13H20N2O/c1-9-6-4-5-7-12(9)11(3)15-10(2)8-13(14)16/h4-7,10-11,15H,8H2,1-3H3,(H2,14,16). The molecule has 3 heteroatoms. The molecule has 1 amide bonds. The normalized spacial score (nSPS) is 14.4. The van der Waals surface area contributed by atoms with Gasteiger partial charge in [-0.05, 0) is 31.9 Å². The summed E-state index contributed by atoms with van der Waals surface area (Å²) in [5.41, 5.74) is 7.68. The lowest BCUT2D eigenvalue weighted by Crippen LogP contribution is -2.33. The molecule has 2 atom stereocenters. The van der Waals surface area contributed by atoms with Gasteiger partial charge in [0.15, 0.2) is 0 Å². The lowest BCUT2D eigenvalue weighted by Gasteiger charge is -2.20. The van der Waals surface area contributed by atoms with Crippen molar-refractivity contribution in [1.29, 1.82) is 0 Å². The van der Waals surface area contributed by atoms with E-state index in [0.29, 0.717) is 6.42 Å². The highest BCUT2D eigenvalue weighted by Crippen LogP contribution is 2.17. The molecule has 1 aromatic rings. The second-order valence-electron chi connectivity index (χ2n) is 4.32. The van der Waals surface area contributed by atoms with Crippen LogP contribution in [0.15, 0.2) is 24.3 Å². The molecule has 0 radical (unpaired) electrons. The minimum Gasteiger partial charge on any atom is -0.370 e. The number of hydrogen-bond donors (Lipinski definition) is 2. The van der Waals surface area contributed by atoms with Gasteiger partial charge in [-0.1, -0.05) is 24.3 Å². The van der Waals surface area contributed by atoms with E-state index in [4.69, 9.17) is 5.73 Å². The Kier molecular flexibility index (Phi) is 4.50. The molecule has 0 saturated carbocycles. The Morgan fingerprint density at radius 2 is 2.00 bits per heavy atom. The molecule has 0 spiro atoms. The smallest absolute Gasteiger partial charge is 0.218 e. The summed E-state index contributed by atoms with van der Waals surface area (Å²) in [4.78, 5) is 10.8. The molecule has 0 bridgehead atoms. The van der Waals surface area contributed by atoms with Crippen LogP contribution < -0.4 is 11.1 Å². The zero-order valence-electron chi connectivity index (χ0n) is 10.2. The molecule has 0 aliphatic carbocycles. The van der Waals surface area contributed by atoms with Crippen molar-refractivity contribution in [3.8, 4) is 0 Å². The Hall–Kier alpha value is -1.35. The van der Waals surface area contributed by atoms with Crippen molar-refractivity contribution in [3.05, 3.63) is 35.4 Å². The van der Waals surface area contributed by atoms with Crippen molar-refractivity contribution in [2.75, 3.05) is 0 Å². The van der Waals surface area contributed by atoms with E-state index in [2.05, 4.69) is 31.3 Å². The molecule has 0 saturated heterocycles. The average Bonchev–Trinajstić information content (AvgIpc) is 2.16. The molecule has 1 aromatic carbocycles. The fourth-order valence-corrected chi connectivity index (χ4v) is 1.95. The molecule has 0 aliphatic heterocycles. The summed E-state index contributed by atoms with van der Waals surface area (Å²) < 4.78 is 0. The highest BCUT2D eigenvalue weighted by molar-refractivity contribution is 5.74. The Morgan fingerprint density at radius 1 is 1.38 bits per heavy atom. The minimum atomic E-state index is -0.267. The van der Waals surface area contributed by atoms with Gasteiger partial charge in [0.05, 0.1) is 0 Å². The summed E-state index contributed by atoms with van der Waals surface area (Å²) in [7, 11) is 0. The zero-order valence-corrected chi connectivity index (χ0v) is 10.2. The van der Waals surface area contributed by atoms with Crippen molar-refractivity contribution >= 4 is 5.91 Å². The molecule has 1 rings (SSSR count). The van der Waals surface area contributed by atoms with Crippen molar-refractivity contribution in [2.24, 2.45) is 5.73 Å². The van der Waals surface area contributed by atoms with Gasteiger partial charge in [-0.2, -0.15) is 0 Å². The lowest BCUT2D eigenvalue weighted by atomic mass is 10.0. The number of primary amides is 1. The Bertz CT molecular complexity index is 363. The number of nitrogens with one attached hydrogen (secondary N) is 1. The van der Waals surface area contributed by atoms with Gasteiger partial charge < -0.3 is 11.1 Å². The molecule has 3 nitrogen and oxygen atoms in total. The number of rotatable bonds is 5. The van der Waals surface area contributed by atoms with Crippen LogP contribution >= 0.6 is 0 Å². The molecule has 2 unspecified atom stereocenters. The third kappa shape index (κ3) is 3.66. The fraction of sp³-hybridized carbons (Fsp3) is 0.462. The van der Waals surface area contributed by atoms with Gasteiger partial charge in [0.1, 0.15) is 0 Å². The Balaban J connectivity index is 2.62. The van der Waals surface area contributed by atoms with Gasteiger partial charge in [-0.25, -0.2) is 0 Å². The van der Waals surface area contributed by atoms with E-state index >= 15 is 0 Å². The van der Waals surface area contributed by atoms with Crippen LogP contribution in [0, 0.1) is 6.92 Å². The Morgan fingerprint density at radius 3 is 2.56 bits per heavy atom. The van der Waals surface area contributed by atoms with E-state index in [1.807, 2.05) is 19.1 Å². The molecule has 16 heavy (non-hydrogen) atoms. The van der Waals surface area contributed by atoms with Crippen LogP contribution in [-0.4, -0.2) is 11.9 Å². The zero-order chi connectivity index (χ0) is 12.1. The van der Waals surface area contributed by atoms with E-state index in [1.54, 1.807) is 0 Å². The fourth-order valence-electron chi connectivity index (χ4n) is 1.95. The molecule has 0 heterocycles. The summed E-state index contributed by atoms with van der Waals surface area (Å²) in [6.07, 6.45) is 0.371. The summed E-state index contributed by atoms with van der Waals surface area (Å²) in [5.74, 6) is -0.267. The van der Waals surface area contributed by atoms with Crippen molar-refractivity contribution in [3.63, 3.8) is 0 Å². The van der Waals surface area contributed by atoms with Gasteiger partial charge in [-0.15, -0.1) is 0 Å². The molecular weight excluding hydrogens is 200 g/mol. The van der Waals surface area contributed by atoms with E-state index in [1.165, 1.54) is 11.1 Å². The highest BCUT2D eigenvalue weighted by atomic mass is 16.1. The molecule has 0 aromatic heterocycles. The first-order valence-corrected chi connectivity index (χ1v) is 5.60. The molecular formula is C13H20N2O. The van der Waals surface area contributed by atoms with Gasteiger partial charge in [0.2, 0.25) is 5.91 Å². The molecule has 0 fully saturated rings. The van der Waals surface area contributed by atoms with E-state index in [-0.39, 0.29) is 18.0 Å². The van der Waals surface area contributed by atoms with Crippen LogP contribution in [0.4, 0.5) is 0 Å². The van der Waals surface area contributed by atoms with E-state index in [0.717, 1.165) is 0 Å². The van der Waals surface area contributed by atoms with Crippen molar-refractivity contribution in [1.82, 2.24) is 5.32 Å². The first-order valence-electron chi connectivity index (χ1n) is 5.60. The van der Waals surface area contributed by atoms with Crippen LogP contribution in [0.5, 0.6) is 0 Å². The maximum absolute atomic E-state index is 10.8. The predicted octanol–water partition coefficient (Wildman–Crippen LogP) is 1.91. The monoisotopic (exact) mass is 220 g/mol. The van der Waals surface area contributed by atoms with Crippen LogP contribution in [0.25, 0.3) is 0 Å². The summed E-state index contributed by atoms with van der Waals surface area (Å²) in [5, 5.41) is 3.37. The maximum atomic E-state index is 10.8. The first kappa shape index (κ1) is 12.7. The number of carbonyl (C=O) groups is 1. The van der Waals surface area contributed by atoms with Crippen molar-refractivity contribution < 1.29 is 4.79 Å². The topological polar surface area (TPSA) is 55.1 Å².